The summed E-state index contributed by atoms with van der Waals surface area (Å²) < 4.78 is 39.4. The quantitative estimate of drug-likeness (QED) is 0.840. The summed E-state index contributed by atoms with van der Waals surface area (Å²) in [5, 5.41) is 3.46. The predicted octanol–water partition coefficient (Wildman–Crippen LogP) is 4.44. The van der Waals surface area contributed by atoms with E-state index in [1.54, 1.807) is 12.1 Å². The Labute approximate surface area is 126 Å². The van der Waals surface area contributed by atoms with Gasteiger partial charge in [-0.1, -0.05) is 11.6 Å². The van der Waals surface area contributed by atoms with Crippen molar-refractivity contribution in [3.05, 3.63) is 58.4 Å². The van der Waals surface area contributed by atoms with Gasteiger partial charge in [-0.3, -0.25) is 0 Å². The maximum atomic E-state index is 13.5. The van der Waals surface area contributed by atoms with Crippen LogP contribution >= 0.6 is 11.6 Å². The smallest absolute Gasteiger partial charge is 0.161 e. The van der Waals surface area contributed by atoms with Crippen molar-refractivity contribution in [1.82, 2.24) is 0 Å². The van der Waals surface area contributed by atoms with E-state index >= 15 is 0 Å². The Bertz CT molecular complexity index is 660. The zero-order valence-corrected chi connectivity index (χ0v) is 12.3. The van der Waals surface area contributed by atoms with Crippen LogP contribution in [-0.2, 0) is 6.54 Å². The zero-order valence-electron chi connectivity index (χ0n) is 11.6. The summed E-state index contributed by atoms with van der Waals surface area (Å²) >= 11 is 6.12. The normalized spacial score (nSPS) is 10.6. The minimum Gasteiger partial charge on any atom is -0.381 e. The summed E-state index contributed by atoms with van der Waals surface area (Å²) in [6, 6.07) is 6.65. The third-order valence-electron chi connectivity index (χ3n) is 3.00. The lowest BCUT2D eigenvalue weighted by Crippen LogP contribution is -2.09. The van der Waals surface area contributed by atoms with Crippen molar-refractivity contribution in [2.45, 2.75) is 6.54 Å². The molecule has 6 heteroatoms. The van der Waals surface area contributed by atoms with Crippen molar-refractivity contribution in [2.24, 2.45) is 0 Å². The molecule has 0 aliphatic carbocycles. The summed E-state index contributed by atoms with van der Waals surface area (Å²) in [5.41, 5.74) is 1.55. The molecule has 0 unspecified atom stereocenters. The Morgan fingerprint density at radius 2 is 1.67 bits per heavy atom. The van der Waals surface area contributed by atoms with Gasteiger partial charge in [0.2, 0.25) is 0 Å². The van der Waals surface area contributed by atoms with Crippen LogP contribution in [0.15, 0.2) is 30.3 Å². The molecule has 2 rings (SSSR count). The van der Waals surface area contributed by atoms with Gasteiger partial charge in [0.15, 0.2) is 11.6 Å². The third kappa shape index (κ3) is 3.61. The molecule has 1 N–H and O–H groups in total. The highest BCUT2D eigenvalue weighted by Gasteiger charge is 2.10. The van der Waals surface area contributed by atoms with E-state index in [9.17, 15) is 13.2 Å². The molecule has 0 amide bonds. The first kappa shape index (κ1) is 15.5. The summed E-state index contributed by atoms with van der Waals surface area (Å²) in [4.78, 5) is 1.86. The van der Waals surface area contributed by atoms with Crippen LogP contribution in [-0.4, -0.2) is 14.1 Å². The highest BCUT2D eigenvalue weighted by Crippen LogP contribution is 2.27. The van der Waals surface area contributed by atoms with Crippen molar-refractivity contribution < 1.29 is 13.2 Å². The molecule has 0 aliphatic rings. The topological polar surface area (TPSA) is 15.3 Å². The van der Waals surface area contributed by atoms with Gasteiger partial charge in [-0.25, -0.2) is 13.2 Å². The van der Waals surface area contributed by atoms with E-state index in [0.29, 0.717) is 16.8 Å². The van der Waals surface area contributed by atoms with E-state index in [0.717, 1.165) is 11.8 Å². The van der Waals surface area contributed by atoms with Crippen molar-refractivity contribution in [3.8, 4) is 0 Å². The average Bonchev–Trinajstić information content (AvgIpc) is 2.41. The number of halogens is 4. The molecule has 2 aromatic carbocycles. The van der Waals surface area contributed by atoms with E-state index in [1.165, 1.54) is 0 Å². The molecular weight excluding hydrogens is 301 g/mol. The van der Waals surface area contributed by atoms with Gasteiger partial charge in [0.1, 0.15) is 5.82 Å². The Kier molecular flexibility index (Phi) is 4.63. The van der Waals surface area contributed by atoms with Crippen LogP contribution in [0.5, 0.6) is 0 Å². The SMILES string of the molecule is CN(C)c1ccc(NCc2cc(F)c(F)cc2F)cc1Cl. The number of hydrogen-bond acceptors (Lipinski definition) is 2. The second kappa shape index (κ2) is 6.26. The van der Waals surface area contributed by atoms with Gasteiger partial charge >= 0.3 is 0 Å². The summed E-state index contributed by atoms with van der Waals surface area (Å²) in [6.45, 7) is 0.0284. The first-order valence-electron chi connectivity index (χ1n) is 6.22. The fraction of sp³-hybridized carbons (Fsp3) is 0.200. The van der Waals surface area contributed by atoms with E-state index in [2.05, 4.69) is 5.32 Å². The Morgan fingerprint density at radius 1 is 1.00 bits per heavy atom. The lowest BCUT2D eigenvalue weighted by molar-refractivity contribution is 0.490. The van der Waals surface area contributed by atoms with Crippen LogP contribution in [0.1, 0.15) is 5.56 Å². The van der Waals surface area contributed by atoms with Crippen LogP contribution in [0.2, 0.25) is 5.02 Å². The fourth-order valence-electron chi connectivity index (χ4n) is 1.88. The molecule has 0 radical (unpaired) electrons. The Balaban J connectivity index is 2.13. The molecule has 0 aliphatic heterocycles. The molecule has 0 heterocycles. The Morgan fingerprint density at radius 3 is 2.29 bits per heavy atom. The van der Waals surface area contributed by atoms with Crippen LogP contribution in [0.3, 0.4) is 0 Å². The maximum Gasteiger partial charge on any atom is 0.161 e. The molecule has 0 fully saturated rings. The second-order valence-electron chi connectivity index (χ2n) is 4.77. The van der Waals surface area contributed by atoms with Gasteiger partial charge in [-0.15, -0.1) is 0 Å². The van der Waals surface area contributed by atoms with E-state index in [-0.39, 0.29) is 12.1 Å². The van der Waals surface area contributed by atoms with Gasteiger partial charge in [-0.2, -0.15) is 0 Å². The van der Waals surface area contributed by atoms with Crippen LogP contribution in [0.4, 0.5) is 24.5 Å². The fourth-order valence-corrected chi connectivity index (χ4v) is 2.23. The number of nitrogens with zero attached hydrogens (tertiary/aromatic N) is 1. The maximum absolute atomic E-state index is 13.5. The Hall–Kier alpha value is -1.88. The first-order valence-corrected chi connectivity index (χ1v) is 6.60. The molecule has 2 nitrogen and oxygen atoms in total. The molecular formula is C15H14ClF3N2. The second-order valence-corrected chi connectivity index (χ2v) is 5.18. The van der Waals surface area contributed by atoms with Gasteiger partial charge in [-0.05, 0) is 24.3 Å². The highest BCUT2D eigenvalue weighted by atomic mass is 35.5. The largest absolute Gasteiger partial charge is 0.381 e. The minimum absolute atomic E-state index is 0.0284. The number of hydrogen-bond donors (Lipinski definition) is 1. The van der Waals surface area contributed by atoms with Gasteiger partial charge < -0.3 is 10.2 Å². The first-order chi connectivity index (χ1) is 9.88. The van der Waals surface area contributed by atoms with Crippen molar-refractivity contribution in [2.75, 3.05) is 24.3 Å². The highest BCUT2D eigenvalue weighted by molar-refractivity contribution is 6.33. The summed E-state index contributed by atoms with van der Waals surface area (Å²) in [5.74, 6) is -3.07. The van der Waals surface area contributed by atoms with Crippen molar-refractivity contribution in [1.29, 1.82) is 0 Å². The van der Waals surface area contributed by atoms with Crippen LogP contribution < -0.4 is 10.2 Å². The average molecular weight is 315 g/mol. The minimum atomic E-state index is -1.20. The van der Waals surface area contributed by atoms with Gasteiger partial charge in [0.05, 0.1) is 10.7 Å². The summed E-state index contributed by atoms with van der Waals surface area (Å²) in [7, 11) is 3.73. The van der Waals surface area contributed by atoms with Gasteiger partial charge in [0.25, 0.3) is 0 Å². The lowest BCUT2D eigenvalue weighted by Gasteiger charge is -2.16. The third-order valence-corrected chi connectivity index (χ3v) is 3.30. The molecule has 0 saturated carbocycles. The number of rotatable bonds is 4. The molecule has 0 atom stereocenters. The predicted molar refractivity (Wildman–Crippen MR) is 79.4 cm³/mol. The molecule has 112 valence electrons. The van der Waals surface area contributed by atoms with E-state index in [4.69, 9.17) is 11.6 Å². The van der Waals surface area contributed by atoms with E-state index < -0.39 is 17.5 Å². The monoisotopic (exact) mass is 314 g/mol. The van der Waals surface area contributed by atoms with Crippen molar-refractivity contribution in [3.63, 3.8) is 0 Å². The van der Waals surface area contributed by atoms with Crippen LogP contribution in [0, 0.1) is 17.5 Å². The molecule has 2 aromatic rings. The lowest BCUT2D eigenvalue weighted by atomic mass is 10.2. The van der Waals surface area contributed by atoms with Crippen molar-refractivity contribution >= 4 is 23.0 Å². The standard InChI is InChI=1S/C15H14ClF3N2/c1-21(2)15-4-3-10(6-11(15)16)20-8-9-5-13(18)14(19)7-12(9)17/h3-7,20H,8H2,1-2H3. The molecule has 0 aromatic heterocycles. The number of nitrogens with one attached hydrogen (secondary N) is 1. The summed E-state index contributed by atoms with van der Waals surface area (Å²) in [6.07, 6.45) is 0. The molecule has 0 saturated heterocycles. The number of anilines is 2. The number of benzene rings is 2. The van der Waals surface area contributed by atoms with E-state index in [1.807, 2.05) is 25.1 Å². The molecule has 0 spiro atoms. The van der Waals surface area contributed by atoms with Gasteiger partial charge in [0, 0.05) is 38.0 Å². The molecule has 21 heavy (non-hydrogen) atoms. The molecule has 0 bridgehead atoms. The zero-order chi connectivity index (χ0) is 15.6. The van der Waals surface area contributed by atoms with Crippen LogP contribution in [0.25, 0.3) is 0 Å².